The molecule has 0 bridgehead atoms. The van der Waals surface area contributed by atoms with Crippen LogP contribution in [0.1, 0.15) is 38.3 Å². The molecule has 1 amide bonds. The maximum Gasteiger partial charge on any atom is 0.226 e. The van der Waals surface area contributed by atoms with E-state index in [0.717, 1.165) is 25.1 Å². The SMILES string of the molecule is CCC(=O)N1CCc2cc(CC(C)(C)Br)ccc21. The van der Waals surface area contributed by atoms with E-state index < -0.39 is 0 Å². The summed E-state index contributed by atoms with van der Waals surface area (Å²) in [6, 6.07) is 6.49. The van der Waals surface area contributed by atoms with E-state index in [9.17, 15) is 4.79 Å². The Hall–Kier alpha value is -0.830. The molecule has 2 rings (SSSR count). The number of hydrogen-bond acceptors (Lipinski definition) is 1. The van der Waals surface area contributed by atoms with E-state index in [1.807, 2.05) is 11.8 Å². The summed E-state index contributed by atoms with van der Waals surface area (Å²) in [6.45, 7) is 7.10. The lowest BCUT2D eigenvalue weighted by molar-refractivity contribution is -0.118. The summed E-state index contributed by atoms with van der Waals surface area (Å²) in [7, 11) is 0. The highest BCUT2D eigenvalue weighted by Crippen LogP contribution is 2.31. The number of rotatable bonds is 3. The second kappa shape index (κ2) is 5.04. The van der Waals surface area contributed by atoms with Gasteiger partial charge in [0.2, 0.25) is 5.91 Å². The fourth-order valence-electron chi connectivity index (χ4n) is 2.50. The van der Waals surface area contributed by atoms with E-state index in [-0.39, 0.29) is 10.2 Å². The molecule has 0 saturated heterocycles. The molecule has 18 heavy (non-hydrogen) atoms. The van der Waals surface area contributed by atoms with Gasteiger partial charge in [-0.15, -0.1) is 0 Å². The van der Waals surface area contributed by atoms with Crippen LogP contribution < -0.4 is 4.90 Å². The Morgan fingerprint density at radius 3 is 2.78 bits per heavy atom. The number of halogens is 1. The van der Waals surface area contributed by atoms with Crippen molar-refractivity contribution >= 4 is 27.5 Å². The fourth-order valence-corrected chi connectivity index (χ4v) is 2.82. The summed E-state index contributed by atoms with van der Waals surface area (Å²) in [5, 5.41) is 0. The molecule has 0 saturated carbocycles. The molecule has 1 aromatic rings. The third-order valence-corrected chi connectivity index (χ3v) is 3.55. The van der Waals surface area contributed by atoms with Crippen molar-refractivity contribution < 1.29 is 4.79 Å². The summed E-state index contributed by atoms with van der Waals surface area (Å²) in [5.41, 5.74) is 3.76. The van der Waals surface area contributed by atoms with Crippen molar-refractivity contribution in [2.45, 2.75) is 44.4 Å². The van der Waals surface area contributed by atoms with Crippen LogP contribution in [-0.2, 0) is 17.6 Å². The molecule has 0 aromatic heterocycles. The van der Waals surface area contributed by atoms with Gasteiger partial charge < -0.3 is 4.90 Å². The number of carbonyl (C=O) groups is 1. The van der Waals surface area contributed by atoms with Crippen LogP contribution in [0.3, 0.4) is 0 Å². The smallest absolute Gasteiger partial charge is 0.226 e. The molecule has 0 unspecified atom stereocenters. The molecular formula is C15H20BrNO. The lowest BCUT2D eigenvalue weighted by atomic mass is 10.00. The topological polar surface area (TPSA) is 20.3 Å². The van der Waals surface area contributed by atoms with Crippen LogP contribution in [0.15, 0.2) is 18.2 Å². The van der Waals surface area contributed by atoms with E-state index >= 15 is 0 Å². The molecule has 1 aliphatic heterocycles. The summed E-state index contributed by atoms with van der Waals surface area (Å²) >= 11 is 3.68. The number of fused-ring (bicyclic) bond motifs is 1. The Morgan fingerprint density at radius 1 is 1.44 bits per heavy atom. The van der Waals surface area contributed by atoms with Gasteiger partial charge in [-0.2, -0.15) is 0 Å². The van der Waals surface area contributed by atoms with Crippen molar-refractivity contribution in [2.24, 2.45) is 0 Å². The summed E-state index contributed by atoms with van der Waals surface area (Å²) < 4.78 is 0.124. The minimum Gasteiger partial charge on any atom is -0.312 e. The van der Waals surface area contributed by atoms with Crippen LogP contribution in [0.2, 0.25) is 0 Å². The first-order valence-corrected chi connectivity index (χ1v) is 7.31. The minimum absolute atomic E-state index is 0.124. The maximum absolute atomic E-state index is 11.8. The van der Waals surface area contributed by atoms with Gasteiger partial charge >= 0.3 is 0 Å². The fraction of sp³-hybridized carbons (Fsp3) is 0.533. The Labute approximate surface area is 117 Å². The average molecular weight is 310 g/mol. The number of alkyl halides is 1. The highest BCUT2D eigenvalue weighted by Gasteiger charge is 2.24. The van der Waals surface area contributed by atoms with Crippen LogP contribution in [0, 0.1) is 0 Å². The summed E-state index contributed by atoms with van der Waals surface area (Å²) in [4.78, 5) is 13.7. The summed E-state index contributed by atoms with van der Waals surface area (Å²) in [5.74, 6) is 0.224. The number of hydrogen-bond donors (Lipinski definition) is 0. The zero-order valence-electron chi connectivity index (χ0n) is 11.3. The van der Waals surface area contributed by atoms with Gasteiger partial charge in [-0.3, -0.25) is 4.79 Å². The molecule has 2 nitrogen and oxygen atoms in total. The number of nitrogens with zero attached hydrogens (tertiary/aromatic N) is 1. The minimum atomic E-state index is 0.124. The number of carbonyl (C=O) groups excluding carboxylic acids is 1. The van der Waals surface area contributed by atoms with Crippen LogP contribution in [0.25, 0.3) is 0 Å². The van der Waals surface area contributed by atoms with Gasteiger partial charge in [-0.25, -0.2) is 0 Å². The Kier molecular flexibility index (Phi) is 3.81. The third-order valence-electron chi connectivity index (χ3n) is 3.27. The first kappa shape index (κ1) is 13.6. The van der Waals surface area contributed by atoms with Gasteiger partial charge in [0.25, 0.3) is 0 Å². The predicted molar refractivity (Wildman–Crippen MR) is 79.5 cm³/mol. The Morgan fingerprint density at radius 2 is 2.17 bits per heavy atom. The predicted octanol–water partition coefficient (Wildman–Crippen LogP) is 3.70. The standard InChI is InChI=1S/C15H20BrNO/c1-4-14(18)17-8-7-12-9-11(5-6-13(12)17)10-15(2,3)16/h5-6,9H,4,7-8,10H2,1-3H3. The zero-order valence-corrected chi connectivity index (χ0v) is 12.9. The molecule has 0 N–H and O–H groups in total. The van der Waals surface area contributed by atoms with Gasteiger partial charge in [-0.05, 0) is 43.9 Å². The molecule has 3 heteroatoms. The molecule has 98 valence electrons. The van der Waals surface area contributed by atoms with Gasteiger partial charge in [0.15, 0.2) is 0 Å². The lowest BCUT2D eigenvalue weighted by Gasteiger charge is -2.18. The van der Waals surface area contributed by atoms with Crippen molar-refractivity contribution in [3.8, 4) is 0 Å². The highest BCUT2D eigenvalue weighted by molar-refractivity contribution is 9.10. The van der Waals surface area contributed by atoms with E-state index in [1.165, 1.54) is 11.1 Å². The lowest BCUT2D eigenvalue weighted by Crippen LogP contribution is -2.27. The highest BCUT2D eigenvalue weighted by atomic mass is 79.9. The number of benzene rings is 1. The molecule has 0 aliphatic carbocycles. The third kappa shape index (κ3) is 2.94. The van der Waals surface area contributed by atoms with Gasteiger partial charge in [0, 0.05) is 23.0 Å². The molecule has 0 fully saturated rings. The van der Waals surface area contributed by atoms with E-state index in [4.69, 9.17) is 0 Å². The first-order chi connectivity index (χ1) is 8.40. The molecule has 0 radical (unpaired) electrons. The van der Waals surface area contributed by atoms with E-state index in [1.54, 1.807) is 0 Å². The summed E-state index contributed by atoms with van der Waals surface area (Å²) in [6.07, 6.45) is 2.56. The Bertz CT molecular complexity index is 462. The quantitative estimate of drug-likeness (QED) is 0.780. The van der Waals surface area contributed by atoms with Crippen molar-refractivity contribution in [1.82, 2.24) is 0 Å². The van der Waals surface area contributed by atoms with Gasteiger partial charge in [0.1, 0.15) is 0 Å². The first-order valence-electron chi connectivity index (χ1n) is 6.52. The molecule has 1 heterocycles. The van der Waals surface area contributed by atoms with Crippen LogP contribution in [-0.4, -0.2) is 16.8 Å². The van der Waals surface area contributed by atoms with Gasteiger partial charge in [-0.1, -0.05) is 35.0 Å². The second-order valence-corrected chi connectivity index (χ2v) is 7.65. The monoisotopic (exact) mass is 309 g/mol. The number of anilines is 1. The molecule has 1 aliphatic rings. The number of amides is 1. The molecule has 0 spiro atoms. The van der Waals surface area contributed by atoms with Crippen LogP contribution >= 0.6 is 15.9 Å². The Balaban J connectivity index is 2.23. The van der Waals surface area contributed by atoms with Gasteiger partial charge in [0.05, 0.1) is 0 Å². The normalized spacial score (nSPS) is 14.8. The van der Waals surface area contributed by atoms with Crippen molar-refractivity contribution in [1.29, 1.82) is 0 Å². The van der Waals surface area contributed by atoms with Crippen LogP contribution in [0.4, 0.5) is 5.69 Å². The molecule has 0 atom stereocenters. The van der Waals surface area contributed by atoms with Crippen LogP contribution in [0.5, 0.6) is 0 Å². The largest absolute Gasteiger partial charge is 0.312 e. The zero-order chi connectivity index (χ0) is 13.3. The van der Waals surface area contributed by atoms with E-state index in [2.05, 4.69) is 48.0 Å². The van der Waals surface area contributed by atoms with Crippen molar-refractivity contribution in [3.63, 3.8) is 0 Å². The average Bonchev–Trinajstić information content (AvgIpc) is 2.68. The molecular weight excluding hydrogens is 290 g/mol. The molecule has 1 aromatic carbocycles. The maximum atomic E-state index is 11.8. The van der Waals surface area contributed by atoms with Crippen molar-refractivity contribution in [2.75, 3.05) is 11.4 Å². The van der Waals surface area contributed by atoms with Crippen molar-refractivity contribution in [3.05, 3.63) is 29.3 Å². The second-order valence-electron chi connectivity index (χ2n) is 5.51. The van der Waals surface area contributed by atoms with E-state index in [0.29, 0.717) is 6.42 Å².